The van der Waals surface area contributed by atoms with Crippen LogP contribution in [0.2, 0.25) is 0 Å². The van der Waals surface area contributed by atoms with Crippen molar-refractivity contribution in [2.45, 2.75) is 38.0 Å². The Labute approximate surface area is 200 Å². The SMILES string of the molecule is Cc1cc(OCC[C@H](O)N2CCC(O)(c3cccnc3)CC2)cc2oc3c(Br)cccc3c12. The van der Waals surface area contributed by atoms with Gasteiger partial charge in [0.1, 0.15) is 23.1 Å². The van der Waals surface area contributed by atoms with E-state index in [0.29, 0.717) is 39.0 Å². The highest BCUT2D eigenvalue weighted by atomic mass is 79.9. The average Bonchev–Trinajstić information content (AvgIpc) is 3.20. The number of furan rings is 1. The zero-order valence-electron chi connectivity index (χ0n) is 18.5. The van der Waals surface area contributed by atoms with Crippen LogP contribution in [0.3, 0.4) is 0 Å². The highest BCUT2D eigenvalue weighted by molar-refractivity contribution is 9.10. The molecule has 0 spiro atoms. The molecule has 172 valence electrons. The molecule has 7 heteroatoms. The molecule has 1 fully saturated rings. The number of pyridine rings is 1. The van der Waals surface area contributed by atoms with Gasteiger partial charge in [-0.3, -0.25) is 9.88 Å². The molecule has 5 rings (SSSR count). The van der Waals surface area contributed by atoms with Gasteiger partial charge in [0.25, 0.3) is 0 Å². The molecule has 1 aliphatic heterocycles. The Morgan fingerprint density at radius 3 is 2.79 bits per heavy atom. The van der Waals surface area contributed by atoms with Gasteiger partial charge in [-0.25, -0.2) is 0 Å². The molecule has 0 aliphatic carbocycles. The maximum atomic E-state index is 11.0. The van der Waals surface area contributed by atoms with E-state index in [1.165, 1.54) is 0 Å². The monoisotopic (exact) mass is 510 g/mol. The number of para-hydroxylation sites is 1. The Kier molecular flexibility index (Phi) is 6.14. The molecule has 0 saturated carbocycles. The lowest BCUT2D eigenvalue weighted by Crippen LogP contribution is -2.47. The average molecular weight is 511 g/mol. The summed E-state index contributed by atoms with van der Waals surface area (Å²) in [5.74, 6) is 0.729. The second-order valence-corrected chi connectivity index (χ2v) is 9.61. The van der Waals surface area contributed by atoms with Crippen LogP contribution in [0, 0.1) is 6.92 Å². The van der Waals surface area contributed by atoms with Crippen LogP contribution < -0.4 is 4.74 Å². The topological polar surface area (TPSA) is 79.0 Å². The maximum Gasteiger partial charge on any atom is 0.149 e. The van der Waals surface area contributed by atoms with E-state index in [4.69, 9.17) is 9.15 Å². The number of hydrogen-bond acceptors (Lipinski definition) is 6. The molecule has 0 radical (unpaired) electrons. The van der Waals surface area contributed by atoms with Crippen molar-refractivity contribution in [1.29, 1.82) is 0 Å². The van der Waals surface area contributed by atoms with Crippen LogP contribution in [0.5, 0.6) is 5.75 Å². The highest BCUT2D eigenvalue weighted by Crippen LogP contribution is 2.37. The van der Waals surface area contributed by atoms with Crippen LogP contribution >= 0.6 is 15.9 Å². The van der Waals surface area contributed by atoms with Crippen molar-refractivity contribution >= 4 is 37.9 Å². The van der Waals surface area contributed by atoms with Crippen molar-refractivity contribution in [2.24, 2.45) is 0 Å². The Morgan fingerprint density at radius 2 is 2.03 bits per heavy atom. The summed E-state index contributed by atoms with van der Waals surface area (Å²) in [5.41, 5.74) is 2.67. The van der Waals surface area contributed by atoms with E-state index in [9.17, 15) is 10.2 Å². The van der Waals surface area contributed by atoms with Crippen LogP contribution in [0.1, 0.15) is 30.4 Å². The maximum absolute atomic E-state index is 11.0. The van der Waals surface area contributed by atoms with Gasteiger partial charge in [0.2, 0.25) is 0 Å². The third kappa shape index (κ3) is 4.38. The largest absolute Gasteiger partial charge is 0.493 e. The molecule has 2 N–H and O–H groups in total. The van der Waals surface area contributed by atoms with Crippen molar-refractivity contribution in [3.05, 3.63) is 70.5 Å². The molecule has 2 aromatic heterocycles. The van der Waals surface area contributed by atoms with E-state index in [1.807, 2.05) is 41.3 Å². The molecule has 2 aromatic carbocycles. The minimum atomic E-state index is -0.879. The molecule has 0 bridgehead atoms. The number of aliphatic hydroxyl groups excluding tert-OH is 1. The summed E-state index contributed by atoms with van der Waals surface area (Å²) < 4.78 is 13.0. The van der Waals surface area contributed by atoms with Crippen LogP contribution in [0.15, 0.2) is 63.7 Å². The third-order valence-corrected chi connectivity index (χ3v) is 7.24. The Hall–Kier alpha value is -2.45. The number of fused-ring (bicyclic) bond motifs is 3. The molecule has 3 heterocycles. The Balaban J connectivity index is 1.19. The lowest BCUT2D eigenvalue weighted by Gasteiger charge is -2.40. The van der Waals surface area contributed by atoms with E-state index < -0.39 is 11.8 Å². The van der Waals surface area contributed by atoms with E-state index in [0.717, 1.165) is 43.3 Å². The molecular formula is C26H27BrN2O4. The van der Waals surface area contributed by atoms with Gasteiger partial charge in [-0.15, -0.1) is 0 Å². The fraction of sp³-hybridized carbons (Fsp3) is 0.346. The number of piperidine rings is 1. The van der Waals surface area contributed by atoms with Gasteiger partial charge < -0.3 is 19.4 Å². The standard InChI is InChI=1S/C26H27BrN2O4/c1-17-14-19(15-22-24(17)20-5-2-6-21(27)25(20)33-22)32-13-7-23(30)29-11-8-26(31,9-12-29)18-4-3-10-28-16-18/h2-6,10,14-16,23,30-31H,7-9,11-13H2,1H3/t23-/m0/s1. The summed E-state index contributed by atoms with van der Waals surface area (Å²) in [6.45, 7) is 3.67. The molecule has 0 unspecified atom stereocenters. The smallest absolute Gasteiger partial charge is 0.149 e. The van der Waals surface area contributed by atoms with Crippen LogP contribution in [0.25, 0.3) is 21.9 Å². The van der Waals surface area contributed by atoms with Crippen LogP contribution in [0.4, 0.5) is 0 Å². The van der Waals surface area contributed by atoms with Crippen molar-refractivity contribution < 1.29 is 19.4 Å². The van der Waals surface area contributed by atoms with Gasteiger partial charge in [-0.1, -0.05) is 18.2 Å². The summed E-state index contributed by atoms with van der Waals surface area (Å²) in [6.07, 6.45) is 4.42. The summed E-state index contributed by atoms with van der Waals surface area (Å²) in [5, 5.41) is 23.8. The van der Waals surface area contributed by atoms with E-state index in [-0.39, 0.29) is 0 Å². The number of likely N-dealkylation sites (tertiary alicyclic amines) is 1. The Morgan fingerprint density at radius 1 is 1.21 bits per heavy atom. The first-order valence-electron chi connectivity index (χ1n) is 11.2. The first-order valence-corrected chi connectivity index (χ1v) is 12.0. The fourth-order valence-corrected chi connectivity index (χ4v) is 5.18. The lowest BCUT2D eigenvalue weighted by molar-refractivity contribution is -0.0820. The molecule has 0 amide bonds. The number of benzene rings is 2. The number of aliphatic hydroxyl groups is 2. The highest BCUT2D eigenvalue weighted by Gasteiger charge is 2.35. The van der Waals surface area contributed by atoms with Gasteiger partial charge in [-0.05, 0) is 59.5 Å². The molecule has 1 aliphatic rings. The first-order chi connectivity index (χ1) is 15.9. The summed E-state index contributed by atoms with van der Waals surface area (Å²) in [6, 6.07) is 13.7. The number of rotatable bonds is 6. The summed E-state index contributed by atoms with van der Waals surface area (Å²) >= 11 is 3.56. The predicted octanol–water partition coefficient (Wildman–Crippen LogP) is 5.12. The molecular weight excluding hydrogens is 484 g/mol. The quantitative estimate of drug-likeness (QED) is 0.374. The van der Waals surface area contributed by atoms with Gasteiger partial charge in [0.15, 0.2) is 0 Å². The fourth-order valence-electron chi connectivity index (χ4n) is 4.73. The van der Waals surface area contributed by atoms with Crippen molar-refractivity contribution in [1.82, 2.24) is 9.88 Å². The van der Waals surface area contributed by atoms with E-state index >= 15 is 0 Å². The first kappa shape index (κ1) is 22.3. The molecule has 6 nitrogen and oxygen atoms in total. The second-order valence-electron chi connectivity index (χ2n) is 8.76. The van der Waals surface area contributed by atoms with E-state index in [1.54, 1.807) is 12.4 Å². The van der Waals surface area contributed by atoms with Crippen LogP contribution in [-0.4, -0.2) is 46.0 Å². The number of aromatic nitrogens is 1. The minimum Gasteiger partial charge on any atom is -0.493 e. The molecule has 33 heavy (non-hydrogen) atoms. The van der Waals surface area contributed by atoms with Gasteiger partial charge in [0, 0.05) is 54.3 Å². The number of halogens is 1. The molecule has 1 saturated heterocycles. The second kappa shape index (κ2) is 9.06. The normalized spacial score (nSPS) is 17.5. The molecule has 1 atom stereocenters. The third-order valence-electron chi connectivity index (χ3n) is 6.61. The summed E-state index contributed by atoms with van der Waals surface area (Å²) in [4.78, 5) is 6.12. The summed E-state index contributed by atoms with van der Waals surface area (Å²) in [7, 11) is 0. The van der Waals surface area contributed by atoms with Gasteiger partial charge >= 0.3 is 0 Å². The number of hydrogen-bond donors (Lipinski definition) is 2. The number of aryl methyl sites for hydroxylation is 1. The van der Waals surface area contributed by atoms with Crippen molar-refractivity contribution in [3.8, 4) is 5.75 Å². The zero-order chi connectivity index (χ0) is 23.0. The zero-order valence-corrected chi connectivity index (χ0v) is 20.1. The Bertz CT molecular complexity index is 1270. The number of nitrogens with zero attached hydrogens (tertiary/aromatic N) is 2. The lowest BCUT2D eigenvalue weighted by atomic mass is 9.85. The molecule has 4 aromatic rings. The number of ether oxygens (including phenoxy) is 1. The van der Waals surface area contributed by atoms with Gasteiger partial charge in [-0.2, -0.15) is 0 Å². The van der Waals surface area contributed by atoms with Crippen LogP contribution in [-0.2, 0) is 5.60 Å². The van der Waals surface area contributed by atoms with Crippen molar-refractivity contribution in [2.75, 3.05) is 19.7 Å². The predicted molar refractivity (Wildman–Crippen MR) is 131 cm³/mol. The van der Waals surface area contributed by atoms with Gasteiger partial charge in [0.05, 0.1) is 16.7 Å². The van der Waals surface area contributed by atoms with Crippen molar-refractivity contribution in [3.63, 3.8) is 0 Å². The van der Waals surface area contributed by atoms with E-state index in [2.05, 4.69) is 33.9 Å². The minimum absolute atomic E-state index is 0.388.